The van der Waals surface area contributed by atoms with Gasteiger partial charge >= 0.3 is 0 Å². The number of anilines is 2. The molecule has 162 valence electrons. The quantitative estimate of drug-likeness (QED) is 0.415. The summed E-state index contributed by atoms with van der Waals surface area (Å²) >= 11 is 0. The standard InChI is InChI=1S/C25H27NO4S/c1-2-10-24-20(11-9-16-25(24)30-18-23-17-29-23)19-31(27,28)26(21-12-5-3-6-13-21)22-14-7-4-8-15-22/h3-9,11-16,23H,2,10,17-19H2,1H3. The monoisotopic (exact) mass is 437 g/mol. The van der Waals surface area contributed by atoms with Gasteiger partial charge in [0.25, 0.3) is 0 Å². The van der Waals surface area contributed by atoms with Crippen molar-refractivity contribution < 1.29 is 17.9 Å². The Bertz CT molecular complexity index is 1060. The molecule has 0 N–H and O–H groups in total. The van der Waals surface area contributed by atoms with Gasteiger partial charge in [-0.2, -0.15) is 0 Å². The first-order valence-electron chi connectivity index (χ1n) is 10.6. The molecule has 1 heterocycles. The van der Waals surface area contributed by atoms with E-state index in [-0.39, 0.29) is 11.9 Å². The van der Waals surface area contributed by atoms with Crippen molar-refractivity contribution in [2.24, 2.45) is 0 Å². The molecule has 3 aromatic carbocycles. The third-order valence-electron chi connectivity index (χ3n) is 5.15. The topological polar surface area (TPSA) is 59.1 Å². The number of ether oxygens (including phenoxy) is 2. The maximum absolute atomic E-state index is 13.7. The molecule has 0 aromatic heterocycles. The molecule has 1 atom stereocenters. The average Bonchev–Trinajstić information content (AvgIpc) is 3.60. The molecular formula is C25H27NO4S. The highest BCUT2D eigenvalue weighted by Crippen LogP contribution is 2.33. The number of sulfonamides is 1. The van der Waals surface area contributed by atoms with E-state index >= 15 is 0 Å². The zero-order valence-corrected chi connectivity index (χ0v) is 18.4. The second kappa shape index (κ2) is 9.54. The second-order valence-electron chi connectivity index (χ2n) is 7.60. The molecule has 4 rings (SSSR count). The van der Waals surface area contributed by atoms with Crippen molar-refractivity contribution in [3.05, 3.63) is 90.0 Å². The number of rotatable bonds is 10. The van der Waals surface area contributed by atoms with Crippen LogP contribution in [0.3, 0.4) is 0 Å². The van der Waals surface area contributed by atoms with Crippen molar-refractivity contribution in [1.82, 2.24) is 0 Å². The van der Waals surface area contributed by atoms with E-state index in [1.807, 2.05) is 78.9 Å². The molecule has 0 saturated carbocycles. The molecule has 0 radical (unpaired) electrons. The van der Waals surface area contributed by atoms with Gasteiger partial charge in [0.2, 0.25) is 10.0 Å². The molecule has 31 heavy (non-hydrogen) atoms. The maximum atomic E-state index is 13.7. The van der Waals surface area contributed by atoms with Gasteiger partial charge in [0.05, 0.1) is 23.7 Å². The van der Waals surface area contributed by atoms with Crippen molar-refractivity contribution in [3.8, 4) is 5.75 Å². The first-order chi connectivity index (χ1) is 15.1. The van der Waals surface area contributed by atoms with Crippen LogP contribution in [0.2, 0.25) is 0 Å². The van der Waals surface area contributed by atoms with E-state index in [4.69, 9.17) is 9.47 Å². The molecule has 0 spiro atoms. The second-order valence-corrected chi connectivity index (χ2v) is 9.42. The molecular weight excluding hydrogens is 410 g/mol. The van der Waals surface area contributed by atoms with Crippen LogP contribution < -0.4 is 9.04 Å². The van der Waals surface area contributed by atoms with Gasteiger partial charge in [-0.05, 0) is 47.9 Å². The molecule has 1 saturated heterocycles. The molecule has 1 fully saturated rings. The minimum Gasteiger partial charge on any atom is -0.490 e. The summed E-state index contributed by atoms with van der Waals surface area (Å²) in [5.41, 5.74) is 2.95. The number of nitrogens with zero attached hydrogens (tertiary/aromatic N) is 1. The van der Waals surface area contributed by atoms with Gasteiger partial charge in [-0.3, -0.25) is 0 Å². The van der Waals surface area contributed by atoms with Gasteiger partial charge in [0.1, 0.15) is 18.5 Å². The highest BCUT2D eigenvalue weighted by molar-refractivity contribution is 7.92. The summed E-state index contributed by atoms with van der Waals surface area (Å²) in [6.45, 7) is 3.30. The third-order valence-corrected chi connectivity index (χ3v) is 6.81. The lowest BCUT2D eigenvalue weighted by atomic mass is 10.0. The van der Waals surface area contributed by atoms with E-state index in [0.29, 0.717) is 18.0 Å². The highest BCUT2D eigenvalue weighted by atomic mass is 32.2. The van der Waals surface area contributed by atoms with Crippen molar-refractivity contribution in [1.29, 1.82) is 0 Å². The molecule has 0 bridgehead atoms. The van der Waals surface area contributed by atoms with Gasteiger partial charge in [-0.25, -0.2) is 12.7 Å². The molecule has 0 aliphatic carbocycles. The SMILES string of the molecule is CCCc1c(CS(=O)(=O)N(c2ccccc2)c2ccccc2)cccc1OCC1CO1. The Morgan fingerprint density at radius 1 is 0.935 bits per heavy atom. The molecule has 5 nitrogen and oxygen atoms in total. The van der Waals surface area contributed by atoms with Gasteiger partial charge < -0.3 is 9.47 Å². The number of hydrogen-bond acceptors (Lipinski definition) is 4. The van der Waals surface area contributed by atoms with Gasteiger partial charge in [-0.15, -0.1) is 0 Å². The molecule has 1 unspecified atom stereocenters. The van der Waals surface area contributed by atoms with E-state index in [1.165, 1.54) is 4.31 Å². The van der Waals surface area contributed by atoms with Crippen LogP contribution in [0.4, 0.5) is 11.4 Å². The molecule has 6 heteroatoms. The van der Waals surface area contributed by atoms with E-state index in [2.05, 4.69) is 6.92 Å². The van der Waals surface area contributed by atoms with E-state index in [9.17, 15) is 8.42 Å². The summed E-state index contributed by atoms with van der Waals surface area (Å²) in [5.74, 6) is 0.638. The van der Waals surface area contributed by atoms with E-state index in [0.717, 1.165) is 36.3 Å². The molecule has 1 aliphatic rings. The van der Waals surface area contributed by atoms with Gasteiger partial charge in [0, 0.05) is 0 Å². The zero-order chi connectivity index (χ0) is 21.7. The van der Waals surface area contributed by atoms with Crippen LogP contribution in [0, 0.1) is 0 Å². The first kappa shape index (κ1) is 21.4. The number of epoxide rings is 1. The minimum absolute atomic E-state index is 0.108. The van der Waals surface area contributed by atoms with Crippen molar-refractivity contribution in [2.45, 2.75) is 31.6 Å². The fourth-order valence-corrected chi connectivity index (χ4v) is 5.30. The van der Waals surface area contributed by atoms with Gasteiger partial charge in [0.15, 0.2) is 0 Å². The lowest BCUT2D eigenvalue weighted by Gasteiger charge is -2.25. The van der Waals surface area contributed by atoms with Crippen LogP contribution in [0.5, 0.6) is 5.75 Å². The lowest BCUT2D eigenvalue weighted by Crippen LogP contribution is -2.28. The lowest BCUT2D eigenvalue weighted by molar-refractivity contribution is 0.261. The normalized spacial score (nSPS) is 15.5. The molecule has 0 amide bonds. The summed E-state index contributed by atoms with van der Waals surface area (Å²) in [7, 11) is -3.70. The smallest absolute Gasteiger partial charge is 0.243 e. The predicted molar refractivity (Wildman–Crippen MR) is 123 cm³/mol. The van der Waals surface area contributed by atoms with Crippen LogP contribution >= 0.6 is 0 Å². The van der Waals surface area contributed by atoms with E-state index in [1.54, 1.807) is 0 Å². The Labute approximate surface area is 184 Å². The Morgan fingerprint density at radius 2 is 1.55 bits per heavy atom. The molecule has 3 aromatic rings. The zero-order valence-electron chi connectivity index (χ0n) is 17.6. The summed E-state index contributed by atoms with van der Waals surface area (Å²) < 4.78 is 40.1. The Morgan fingerprint density at radius 3 is 2.10 bits per heavy atom. The fourth-order valence-electron chi connectivity index (χ4n) is 3.62. The van der Waals surface area contributed by atoms with Crippen LogP contribution in [0.15, 0.2) is 78.9 Å². The summed E-state index contributed by atoms with van der Waals surface area (Å²) in [6.07, 6.45) is 1.80. The Hall–Kier alpha value is -2.83. The summed E-state index contributed by atoms with van der Waals surface area (Å²) in [6, 6.07) is 24.0. The minimum atomic E-state index is -3.70. The predicted octanol–water partition coefficient (Wildman–Crippen LogP) is 5.08. The Balaban J connectivity index is 1.69. The third kappa shape index (κ3) is 5.27. The first-order valence-corrected chi connectivity index (χ1v) is 12.2. The van der Waals surface area contributed by atoms with E-state index < -0.39 is 10.0 Å². The molecule has 1 aliphatic heterocycles. The number of para-hydroxylation sites is 2. The average molecular weight is 438 g/mol. The van der Waals surface area contributed by atoms with Crippen molar-refractivity contribution in [3.63, 3.8) is 0 Å². The van der Waals surface area contributed by atoms with Gasteiger partial charge in [-0.1, -0.05) is 61.9 Å². The van der Waals surface area contributed by atoms with Crippen LogP contribution in [0.25, 0.3) is 0 Å². The van der Waals surface area contributed by atoms with Crippen molar-refractivity contribution in [2.75, 3.05) is 17.5 Å². The summed E-state index contributed by atoms with van der Waals surface area (Å²) in [5, 5.41) is 0. The summed E-state index contributed by atoms with van der Waals surface area (Å²) in [4.78, 5) is 0. The van der Waals surface area contributed by atoms with Crippen LogP contribution in [-0.2, 0) is 26.9 Å². The number of benzene rings is 3. The maximum Gasteiger partial charge on any atom is 0.243 e. The van der Waals surface area contributed by atoms with Crippen LogP contribution in [0.1, 0.15) is 24.5 Å². The highest BCUT2D eigenvalue weighted by Gasteiger charge is 2.27. The fraction of sp³-hybridized carbons (Fsp3) is 0.280. The van der Waals surface area contributed by atoms with Crippen LogP contribution in [-0.4, -0.2) is 27.7 Å². The Kier molecular flexibility index (Phi) is 6.59. The number of hydrogen-bond donors (Lipinski definition) is 0. The largest absolute Gasteiger partial charge is 0.490 e. The van der Waals surface area contributed by atoms with Crippen molar-refractivity contribution >= 4 is 21.4 Å².